The third-order valence-corrected chi connectivity index (χ3v) is 2.99. The lowest BCUT2D eigenvalue weighted by Crippen LogP contribution is -2.11. The van der Waals surface area contributed by atoms with Crippen LogP contribution < -0.4 is 0 Å². The summed E-state index contributed by atoms with van der Waals surface area (Å²) >= 11 is 5.86. The zero-order chi connectivity index (χ0) is 12.8. The summed E-state index contributed by atoms with van der Waals surface area (Å²) in [6, 6.07) is 10.2. The largest absolute Gasteiger partial charge is 0.383 e. The van der Waals surface area contributed by atoms with Gasteiger partial charge in [0.2, 0.25) is 0 Å². The molecule has 0 fully saturated rings. The Bertz CT molecular complexity index is 484. The van der Waals surface area contributed by atoms with Crippen LogP contribution >= 0.6 is 11.6 Å². The Hall–Kier alpha value is -1.39. The lowest BCUT2D eigenvalue weighted by Gasteiger charge is -2.08. The Balaban J connectivity index is 2.19. The summed E-state index contributed by atoms with van der Waals surface area (Å²) in [5.41, 5.74) is 1.21. The van der Waals surface area contributed by atoms with Gasteiger partial charge >= 0.3 is 0 Å². The third kappa shape index (κ3) is 3.09. The van der Waals surface area contributed by atoms with Gasteiger partial charge in [0.15, 0.2) is 0 Å². The highest BCUT2D eigenvalue weighted by Crippen LogP contribution is 2.10. The molecule has 0 N–H and O–H groups in total. The number of halogens is 1. The average molecular weight is 266 g/mol. The van der Waals surface area contributed by atoms with Crippen molar-refractivity contribution in [3.8, 4) is 0 Å². The van der Waals surface area contributed by atoms with E-state index in [0.717, 1.165) is 24.6 Å². The molecule has 4 nitrogen and oxygen atoms in total. The smallest absolute Gasteiger partial charge is 0.148 e. The first kappa shape index (κ1) is 13.1. The number of rotatable bonds is 6. The fourth-order valence-electron chi connectivity index (χ4n) is 1.82. The molecule has 0 atom stereocenters. The molecule has 0 radical (unpaired) electrons. The standard InChI is InChI=1S/C13H16ClN3O/c1-18-8-7-17-12(15-16-13(17)10-14)9-11-5-3-2-4-6-11/h2-6H,7-10H2,1H3. The van der Waals surface area contributed by atoms with Gasteiger partial charge in [-0.25, -0.2) is 0 Å². The number of methoxy groups -OCH3 is 1. The van der Waals surface area contributed by atoms with Crippen LogP contribution in [0.3, 0.4) is 0 Å². The van der Waals surface area contributed by atoms with Gasteiger partial charge in [0, 0.05) is 20.1 Å². The molecule has 96 valence electrons. The minimum atomic E-state index is 0.367. The number of hydrogen-bond acceptors (Lipinski definition) is 3. The van der Waals surface area contributed by atoms with Crippen LogP contribution in [0.4, 0.5) is 0 Å². The second kappa shape index (κ2) is 6.52. The Morgan fingerprint density at radius 3 is 2.56 bits per heavy atom. The van der Waals surface area contributed by atoms with Crippen molar-refractivity contribution in [1.29, 1.82) is 0 Å². The van der Waals surface area contributed by atoms with Gasteiger partial charge in [-0.1, -0.05) is 30.3 Å². The van der Waals surface area contributed by atoms with Crippen LogP contribution in [0.2, 0.25) is 0 Å². The molecule has 0 amide bonds. The molecular formula is C13H16ClN3O. The molecule has 0 aliphatic rings. The van der Waals surface area contributed by atoms with Gasteiger partial charge in [0.1, 0.15) is 11.6 Å². The maximum absolute atomic E-state index is 5.86. The zero-order valence-corrected chi connectivity index (χ0v) is 11.1. The molecule has 2 rings (SSSR count). The van der Waals surface area contributed by atoms with Crippen LogP contribution in [0.1, 0.15) is 17.2 Å². The second-order valence-corrected chi connectivity index (χ2v) is 4.24. The maximum Gasteiger partial charge on any atom is 0.148 e. The van der Waals surface area contributed by atoms with E-state index in [2.05, 4.69) is 22.3 Å². The zero-order valence-electron chi connectivity index (χ0n) is 10.3. The third-order valence-electron chi connectivity index (χ3n) is 2.75. The van der Waals surface area contributed by atoms with Crippen molar-refractivity contribution in [2.45, 2.75) is 18.8 Å². The number of nitrogens with zero attached hydrogens (tertiary/aromatic N) is 3. The topological polar surface area (TPSA) is 39.9 Å². The Kier molecular flexibility index (Phi) is 4.73. The highest BCUT2D eigenvalue weighted by molar-refractivity contribution is 6.16. The molecule has 0 spiro atoms. The summed E-state index contributed by atoms with van der Waals surface area (Å²) in [7, 11) is 1.68. The lowest BCUT2D eigenvalue weighted by molar-refractivity contribution is 0.185. The first-order chi connectivity index (χ1) is 8.85. The molecule has 1 aromatic carbocycles. The molecule has 5 heteroatoms. The predicted molar refractivity (Wildman–Crippen MR) is 70.7 cm³/mol. The molecular weight excluding hydrogens is 250 g/mol. The second-order valence-electron chi connectivity index (χ2n) is 3.97. The molecule has 1 aromatic heterocycles. The molecule has 0 saturated heterocycles. The Morgan fingerprint density at radius 1 is 1.17 bits per heavy atom. The van der Waals surface area contributed by atoms with Crippen molar-refractivity contribution in [1.82, 2.24) is 14.8 Å². The quantitative estimate of drug-likeness (QED) is 0.752. The van der Waals surface area contributed by atoms with Crippen molar-refractivity contribution in [2.75, 3.05) is 13.7 Å². The monoisotopic (exact) mass is 265 g/mol. The van der Waals surface area contributed by atoms with Crippen molar-refractivity contribution in [3.63, 3.8) is 0 Å². The van der Waals surface area contributed by atoms with E-state index in [1.807, 2.05) is 22.8 Å². The minimum Gasteiger partial charge on any atom is -0.383 e. The average Bonchev–Trinajstić information content (AvgIpc) is 2.79. The number of ether oxygens (including phenoxy) is 1. The van der Waals surface area contributed by atoms with E-state index in [4.69, 9.17) is 16.3 Å². The molecule has 0 unspecified atom stereocenters. The molecule has 0 saturated carbocycles. The number of alkyl halides is 1. The summed E-state index contributed by atoms with van der Waals surface area (Å²) in [6.45, 7) is 1.36. The SMILES string of the molecule is COCCn1c(CCl)nnc1Cc1ccccc1. The van der Waals surface area contributed by atoms with E-state index in [-0.39, 0.29) is 0 Å². The molecule has 0 bridgehead atoms. The van der Waals surface area contributed by atoms with Gasteiger partial charge in [-0.2, -0.15) is 0 Å². The maximum atomic E-state index is 5.86. The first-order valence-electron chi connectivity index (χ1n) is 5.85. The number of hydrogen-bond donors (Lipinski definition) is 0. The van der Waals surface area contributed by atoms with Crippen molar-refractivity contribution < 1.29 is 4.74 Å². The molecule has 0 aliphatic heterocycles. The van der Waals surface area contributed by atoms with Gasteiger partial charge in [0.05, 0.1) is 12.5 Å². The van der Waals surface area contributed by atoms with Crippen molar-refractivity contribution in [2.24, 2.45) is 0 Å². The fraction of sp³-hybridized carbons (Fsp3) is 0.385. The summed E-state index contributed by atoms with van der Waals surface area (Å²) in [6.07, 6.45) is 0.758. The Morgan fingerprint density at radius 2 is 1.89 bits per heavy atom. The van der Waals surface area contributed by atoms with Gasteiger partial charge in [-0.3, -0.25) is 0 Å². The van der Waals surface area contributed by atoms with E-state index < -0.39 is 0 Å². The minimum absolute atomic E-state index is 0.367. The summed E-state index contributed by atoms with van der Waals surface area (Å²) in [5.74, 6) is 2.08. The van der Waals surface area contributed by atoms with Gasteiger partial charge in [0.25, 0.3) is 0 Å². The first-order valence-corrected chi connectivity index (χ1v) is 6.38. The van der Waals surface area contributed by atoms with E-state index in [0.29, 0.717) is 12.5 Å². The molecule has 2 aromatic rings. The van der Waals surface area contributed by atoms with E-state index in [1.165, 1.54) is 5.56 Å². The summed E-state index contributed by atoms with van der Waals surface area (Å²) in [5, 5.41) is 8.32. The van der Waals surface area contributed by atoms with Crippen LogP contribution in [-0.2, 0) is 23.6 Å². The van der Waals surface area contributed by atoms with Crippen LogP contribution in [0, 0.1) is 0 Å². The van der Waals surface area contributed by atoms with Crippen LogP contribution in [0.25, 0.3) is 0 Å². The van der Waals surface area contributed by atoms with Crippen molar-refractivity contribution >= 4 is 11.6 Å². The van der Waals surface area contributed by atoms with Crippen LogP contribution in [0.5, 0.6) is 0 Å². The highest BCUT2D eigenvalue weighted by atomic mass is 35.5. The van der Waals surface area contributed by atoms with Gasteiger partial charge < -0.3 is 9.30 Å². The molecule has 1 heterocycles. The fourth-order valence-corrected chi connectivity index (χ4v) is 2.02. The summed E-state index contributed by atoms with van der Waals surface area (Å²) < 4.78 is 7.13. The highest BCUT2D eigenvalue weighted by Gasteiger charge is 2.11. The Labute approximate surface area is 112 Å². The van der Waals surface area contributed by atoms with E-state index in [9.17, 15) is 0 Å². The van der Waals surface area contributed by atoms with E-state index >= 15 is 0 Å². The van der Waals surface area contributed by atoms with Crippen LogP contribution in [0.15, 0.2) is 30.3 Å². The van der Waals surface area contributed by atoms with Gasteiger partial charge in [-0.15, -0.1) is 21.8 Å². The molecule has 0 aliphatic carbocycles. The predicted octanol–water partition coefficient (Wildman–Crippen LogP) is 2.25. The van der Waals surface area contributed by atoms with E-state index in [1.54, 1.807) is 7.11 Å². The number of benzene rings is 1. The number of aromatic nitrogens is 3. The normalized spacial score (nSPS) is 10.8. The van der Waals surface area contributed by atoms with Crippen molar-refractivity contribution in [3.05, 3.63) is 47.5 Å². The molecule has 18 heavy (non-hydrogen) atoms. The lowest BCUT2D eigenvalue weighted by atomic mass is 10.1. The van der Waals surface area contributed by atoms with Gasteiger partial charge in [-0.05, 0) is 5.56 Å². The summed E-state index contributed by atoms with van der Waals surface area (Å²) in [4.78, 5) is 0. The van der Waals surface area contributed by atoms with Crippen LogP contribution in [-0.4, -0.2) is 28.5 Å².